The van der Waals surface area contributed by atoms with Gasteiger partial charge < -0.3 is 0 Å². The Labute approximate surface area is 99.4 Å². The van der Waals surface area contributed by atoms with E-state index in [1.165, 1.54) is 10.9 Å². The summed E-state index contributed by atoms with van der Waals surface area (Å²) >= 11 is 1.71. The van der Waals surface area contributed by atoms with E-state index in [0.29, 0.717) is 0 Å². The van der Waals surface area contributed by atoms with Gasteiger partial charge in [-0.3, -0.25) is 4.98 Å². The Hall–Kier alpha value is -1.67. The Bertz CT molecular complexity index is 521. The Morgan fingerprint density at radius 1 is 0.938 bits per heavy atom. The Balaban J connectivity index is 0.000000162. The number of aryl methyl sites for hydroxylation is 1. The van der Waals surface area contributed by atoms with E-state index in [4.69, 9.17) is 0 Å². The zero-order valence-electron chi connectivity index (χ0n) is 9.13. The molecule has 0 saturated carbocycles. The molecule has 0 bridgehead atoms. The largest absolute Gasteiger partial charge is 0.256 e. The minimum Gasteiger partial charge on any atom is -0.256 e. The van der Waals surface area contributed by atoms with Crippen LogP contribution in [0.15, 0.2) is 59.4 Å². The molecule has 3 rings (SSSR count). The van der Waals surface area contributed by atoms with Gasteiger partial charge in [-0.15, -0.1) is 0 Å². The topological polar surface area (TPSA) is 12.9 Å². The molecule has 0 saturated heterocycles. The number of fused-ring (bicyclic) bond motifs is 1. The number of hydrogen-bond donors (Lipinski definition) is 0. The zero-order valence-corrected chi connectivity index (χ0v) is 9.95. The van der Waals surface area contributed by atoms with E-state index < -0.39 is 0 Å². The normalized spacial score (nSPS) is 9.56. The molecule has 1 nitrogen and oxygen atoms in total. The van der Waals surface area contributed by atoms with Gasteiger partial charge in [-0.25, -0.2) is 0 Å². The fraction of sp³-hybridized carbons (Fsp3) is 0.0714. The first-order chi connectivity index (χ1) is 7.88. The van der Waals surface area contributed by atoms with Gasteiger partial charge in [0.2, 0.25) is 0 Å². The molecule has 80 valence electrons. The van der Waals surface area contributed by atoms with Gasteiger partial charge in [0.15, 0.2) is 0 Å². The fourth-order valence-corrected chi connectivity index (χ4v) is 1.92. The van der Waals surface area contributed by atoms with Crippen LogP contribution in [0, 0.1) is 6.92 Å². The van der Waals surface area contributed by atoms with Gasteiger partial charge in [-0.2, -0.15) is 11.3 Å². The lowest BCUT2D eigenvalue weighted by Crippen LogP contribution is -1.79. The smallest absolute Gasteiger partial charge is 0.0704 e. The summed E-state index contributed by atoms with van der Waals surface area (Å²) in [5.41, 5.74) is 2.36. The van der Waals surface area contributed by atoms with Gasteiger partial charge in [0.25, 0.3) is 0 Å². The highest BCUT2D eigenvalue weighted by molar-refractivity contribution is 7.07. The van der Waals surface area contributed by atoms with Crippen molar-refractivity contribution in [3.8, 4) is 0 Å². The number of hydrogen-bond acceptors (Lipinski definition) is 2. The van der Waals surface area contributed by atoms with E-state index in [2.05, 4.69) is 18.0 Å². The van der Waals surface area contributed by atoms with Crippen LogP contribution in [0.5, 0.6) is 0 Å². The average molecular weight is 227 g/mol. The molecular weight excluding hydrogens is 214 g/mol. The lowest BCUT2D eigenvalue weighted by Gasteiger charge is -1.97. The summed E-state index contributed by atoms with van der Waals surface area (Å²) in [6, 6.07) is 14.2. The Kier molecular flexibility index (Phi) is 3.67. The molecule has 0 aliphatic carbocycles. The molecule has 2 aromatic heterocycles. The van der Waals surface area contributed by atoms with Gasteiger partial charge in [0.1, 0.15) is 0 Å². The number of benzene rings is 1. The van der Waals surface area contributed by atoms with Gasteiger partial charge in [0, 0.05) is 11.6 Å². The highest BCUT2D eigenvalue weighted by Crippen LogP contribution is 2.13. The molecule has 0 spiro atoms. The van der Waals surface area contributed by atoms with Crippen LogP contribution in [0.2, 0.25) is 0 Å². The average Bonchev–Trinajstić information content (AvgIpc) is 2.88. The summed E-state index contributed by atoms with van der Waals surface area (Å²) in [7, 11) is 0. The van der Waals surface area contributed by atoms with E-state index in [1.54, 1.807) is 11.3 Å². The molecule has 0 aliphatic rings. The maximum Gasteiger partial charge on any atom is 0.0704 e. The maximum absolute atomic E-state index is 4.24. The summed E-state index contributed by atoms with van der Waals surface area (Å²) in [6.07, 6.45) is 1.84. The molecule has 3 aromatic rings. The SMILES string of the molecule is Cc1ccnc2ccccc12.c1ccsc1. The van der Waals surface area contributed by atoms with Crippen molar-refractivity contribution < 1.29 is 0 Å². The second-order valence-electron chi connectivity index (χ2n) is 3.44. The second kappa shape index (κ2) is 5.42. The van der Waals surface area contributed by atoms with Crippen LogP contribution in [0.4, 0.5) is 0 Å². The van der Waals surface area contributed by atoms with Gasteiger partial charge in [-0.05, 0) is 35.4 Å². The first-order valence-electron chi connectivity index (χ1n) is 5.15. The monoisotopic (exact) mass is 227 g/mol. The number of rotatable bonds is 0. The summed E-state index contributed by atoms with van der Waals surface area (Å²) in [5.74, 6) is 0. The molecule has 2 heterocycles. The Morgan fingerprint density at radius 2 is 1.69 bits per heavy atom. The molecule has 2 heteroatoms. The lowest BCUT2D eigenvalue weighted by atomic mass is 10.1. The maximum atomic E-state index is 4.24. The number of aromatic nitrogens is 1. The van der Waals surface area contributed by atoms with Crippen LogP contribution < -0.4 is 0 Å². The van der Waals surface area contributed by atoms with E-state index >= 15 is 0 Å². The molecule has 0 fully saturated rings. The fourth-order valence-electron chi connectivity index (χ4n) is 1.47. The van der Waals surface area contributed by atoms with Crippen LogP contribution in [-0.2, 0) is 0 Å². The van der Waals surface area contributed by atoms with E-state index in [-0.39, 0.29) is 0 Å². The van der Waals surface area contributed by atoms with Crippen molar-refractivity contribution in [1.29, 1.82) is 0 Å². The molecule has 0 aliphatic heterocycles. The lowest BCUT2D eigenvalue weighted by molar-refractivity contribution is 1.37. The molecule has 0 unspecified atom stereocenters. The molecule has 16 heavy (non-hydrogen) atoms. The molecule has 0 atom stereocenters. The van der Waals surface area contributed by atoms with Crippen molar-refractivity contribution in [1.82, 2.24) is 4.98 Å². The van der Waals surface area contributed by atoms with Crippen LogP contribution in [0.3, 0.4) is 0 Å². The van der Waals surface area contributed by atoms with Crippen LogP contribution in [-0.4, -0.2) is 4.98 Å². The highest BCUT2D eigenvalue weighted by Gasteiger charge is 1.93. The van der Waals surface area contributed by atoms with Gasteiger partial charge in [0.05, 0.1) is 5.52 Å². The zero-order chi connectivity index (χ0) is 11.2. The van der Waals surface area contributed by atoms with Crippen molar-refractivity contribution >= 4 is 22.2 Å². The van der Waals surface area contributed by atoms with Crippen LogP contribution >= 0.6 is 11.3 Å². The predicted molar refractivity (Wildman–Crippen MR) is 70.8 cm³/mol. The number of nitrogens with zero attached hydrogens (tertiary/aromatic N) is 1. The summed E-state index contributed by atoms with van der Waals surface area (Å²) in [5, 5.41) is 5.33. The van der Waals surface area contributed by atoms with E-state index in [1.807, 2.05) is 53.4 Å². The highest BCUT2D eigenvalue weighted by atomic mass is 32.1. The number of thiophene rings is 1. The van der Waals surface area contributed by atoms with Crippen molar-refractivity contribution in [3.63, 3.8) is 0 Å². The Morgan fingerprint density at radius 3 is 2.31 bits per heavy atom. The van der Waals surface area contributed by atoms with Crippen molar-refractivity contribution in [2.24, 2.45) is 0 Å². The quantitative estimate of drug-likeness (QED) is 0.558. The first kappa shape index (κ1) is 10.8. The van der Waals surface area contributed by atoms with Gasteiger partial charge in [-0.1, -0.05) is 30.3 Å². The molecular formula is C14H13NS. The third-order valence-electron chi connectivity index (χ3n) is 2.29. The molecule has 0 N–H and O–H groups in total. The third-order valence-corrected chi connectivity index (χ3v) is 2.92. The molecule has 0 radical (unpaired) electrons. The minimum atomic E-state index is 1.08. The van der Waals surface area contributed by atoms with Crippen molar-refractivity contribution in [2.75, 3.05) is 0 Å². The summed E-state index contributed by atoms with van der Waals surface area (Å²) in [6.45, 7) is 2.10. The molecule has 0 amide bonds. The predicted octanol–water partition coefficient (Wildman–Crippen LogP) is 4.29. The molecule has 1 aromatic carbocycles. The first-order valence-corrected chi connectivity index (χ1v) is 6.10. The number of pyridine rings is 1. The van der Waals surface area contributed by atoms with Crippen LogP contribution in [0.25, 0.3) is 10.9 Å². The number of para-hydroxylation sites is 1. The van der Waals surface area contributed by atoms with Crippen LogP contribution in [0.1, 0.15) is 5.56 Å². The minimum absolute atomic E-state index is 1.08. The third kappa shape index (κ3) is 2.67. The van der Waals surface area contributed by atoms with E-state index in [9.17, 15) is 0 Å². The van der Waals surface area contributed by atoms with Crippen molar-refractivity contribution in [2.45, 2.75) is 6.92 Å². The summed E-state index contributed by atoms with van der Waals surface area (Å²) < 4.78 is 0. The van der Waals surface area contributed by atoms with E-state index in [0.717, 1.165) is 5.52 Å². The second-order valence-corrected chi connectivity index (χ2v) is 4.25. The van der Waals surface area contributed by atoms with Gasteiger partial charge >= 0.3 is 0 Å². The standard InChI is InChI=1S/C10H9N.C4H4S/c1-8-6-7-11-10-5-3-2-4-9(8)10;1-2-4-5-3-1/h2-7H,1H3;1-4H. The van der Waals surface area contributed by atoms with Crippen molar-refractivity contribution in [3.05, 3.63) is 65.0 Å². The summed E-state index contributed by atoms with van der Waals surface area (Å²) in [4.78, 5) is 4.24.